The summed E-state index contributed by atoms with van der Waals surface area (Å²) in [6.45, 7) is 4.23. The Morgan fingerprint density at radius 1 is 1.25 bits per heavy atom. The van der Waals surface area contributed by atoms with Crippen LogP contribution in [-0.2, 0) is 11.3 Å². The molecule has 0 aliphatic heterocycles. The summed E-state index contributed by atoms with van der Waals surface area (Å²) in [7, 11) is 3.15. The molecule has 148 valence electrons. The first kappa shape index (κ1) is 20.7. The number of hydrogen-bond acceptors (Lipinski definition) is 6. The number of benzene rings is 1. The van der Waals surface area contributed by atoms with Crippen LogP contribution in [0.15, 0.2) is 28.7 Å². The predicted octanol–water partition coefficient (Wildman–Crippen LogP) is 4.80. The number of ether oxygens (including phenoxy) is 2. The van der Waals surface area contributed by atoms with E-state index in [4.69, 9.17) is 9.47 Å². The van der Waals surface area contributed by atoms with Crippen molar-refractivity contribution in [3.05, 3.63) is 50.6 Å². The Hall–Kier alpha value is -2.03. The van der Waals surface area contributed by atoms with Crippen LogP contribution in [0, 0.1) is 6.92 Å². The fourth-order valence-electron chi connectivity index (χ4n) is 3.04. The van der Waals surface area contributed by atoms with E-state index in [1.165, 1.54) is 11.3 Å². The lowest BCUT2D eigenvalue weighted by molar-refractivity contribution is 0.0939. The molecule has 3 rings (SSSR count). The molecule has 0 saturated carbocycles. The van der Waals surface area contributed by atoms with Crippen molar-refractivity contribution in [2.75, 3.05) is 14.2 Å². The third-order valence-corrected chi connectivity index (χ3v) is 6.18. The number of thiophene rings is 1. The van der Waals surface area contributed by atoms with Crippen molar-refractivity contribution in [1.82, 2.24) is 15.3 Å². The molecular weight excluding hydrogens is 442 g/mol. The summed E-state index contributed by atoms with van der Waals surface area (Å²) < 4.78 is 11.6. The van der Waals surface area contributed by atoms with Crippen LogP contribution in [0.2, 0.25) is 0 Å². The van der Waals surface area contributed by atoms with Gasteiger partial charge in [0.2, 0.25) is 5.88 Å². The van der Waals surface area contributed by atoms with Crippen LogP contribution in [0.1, 0.15) is 46.0 Å². The molecule has 1 atom stereocenters. The number of aromatic nitrogens is 2. The van der Waals surface area contributed by atoms with Gasteiger partial charge in [-0.05, 0) is 36.6 Å². The molecule has 3 aromatic rings. The van der Waals surface area contributed by atoms with Gasteiger partial charge in [-0.2, -0.15) is 4.98 Å². The highest BCUT2D eigenvalue weighted by Crippen LogP contribution is 2.35. The molecule has 0 bridgehead atoms. The molecule has 1 unspecified atom stereocenters. The third-order valence-electron chi connectivity index (χ3n) is 4.46. The molecule has 0 radical (unpaired) electrons. The molecule has 6 nitrogen and oxygen atoms in total. The Bertz CT molecular complexity index is 989. The monoisotopic (exact) mass is 463 g/mol. The number of methoxy groups -OCH3 is 2. The van der Waals surface area contributed by atoms with E-state index in [9.17, 15) is 4.79 Å². The SMILES string of the molecule is CCC(NC(=O)c1sc2nc(COC)nc(OC)c2c1C)c1ccc(Br)cc1. The van der Waals surface area contributed by atoms with E-state index in [1.54, 1.807) is 14.2 Å². The molecule has 0 aliphatic carbocycles. The molecule has 0 aliphatic rings. The number of nitrogens with one attached hydrogen (secondary N) is 1. The van der Waals surface area contributed by atoms with Crippen LogP contribution in [0.5, 0.6) is 5.88 Å². The Balaban J connectivity index is 1.94. The second-order valence-corrected chi connectivity index (χ2v) is 8.22. The highest BCUT2D eigenvalue weighted by Gasteiger charge is 2.23. The second-order valence-electron chi connectivity index (χ2n) is 6.30. The molecule has 0 saturated heterocycles. The molecule has 1 aromatic carbocycles. The zero-order valence-corrected chi connectivity index (χ0v) is 18.6. The van der Waals surface area contributed by atoms with Crippen LogP contribution in [-0.4, -0.2) is 30.1 Å². The van der Waals surface area contributed by atoms with Crippen molar-refractivity contribution in [2.45, 2.75) is 32.9 Å². The van der Waals surface area contributed by atoms with Crippen molar-refractivity contribution < 1.29 is 14.3 Å². The van der Waals surface area contributed by atoms with E-state index < -0.39 is 0 Å². The van der Waals surface area contributed by atoms with Crippen LogP contribution < -0.4 is 10.1 Å². The minimum atomic E-state index is -0.120. The van der Waals surface area contributed by atoms with Crippen molar-refractivity contribution in [3.63, 3.8) is 0 Å². The van der Waals surface area contributed by atoms with E-state index in [-0.39, 0.29) is 18.6 Å². The number of carbonyl (C=O) groups is 1. The first-order valence-corrected chi connectivity index (χ1v) is 10.5. The zero-order valence-electron chi connectivity index (χ0n) is 16.2. The van der Waals surface area contributed by atoms with Gasteiger partial charge < -0.3 is 14.8 Å². The van der Waals surface area contributed by atoms with Crippen molar-refractivity contribution >= 4 is 43.4 Å². The van der Waals surface area contributed by atoms with Gasteiger partial charge >= 0.3 is 0 Å². The minimum absolute atomic E-state index is 0.0674. The van der Waals surface area contributed by atoms with E-state index in [0.717, 1.165) is 32.2 Å². The molecule has 1 amide bonds. The van der Waals surface area contributed by atoms with E-state index in [2.05, 4.69) is 38.1 Å². The lowest BCUT2D eigenvalue weighted by Gasteiger charge is -2.17. The topological polar surface area (TPSA) is 73.3 Å². The van der Waals surface area contributed by atoms with Gasteiger partial charge in [-0.1, -0.05) is 35.0 Å². The summed E-state index contributed by atoms with van der Waals surface area (Å²) in [5, 5.41) is 3.91. The number of fused-ring (bicyclic) bond motifs is 1. The summed E-state index contributed by atoms with van der Waals surface area (Å²) >= 11 is 4.79. The van der Waals surface area contributed by atoms with Crippen molar-refractivity contribution in [3.8, 4) is 5.88 Å². The van der Waals surface area contributed by atoms with Crippen LogP contribution >= 0.6 is 27.3 Å². The lowest BCUT2D eigenvalue weighted by atomic mass is 10.0. The molecule has 0 fully saturated rings. The highest BCUT2D eigenvalue weighted by atomic mass is 79.9. The largest absolute Gasteiger partial charge is 0.480 e. The summed E-state index contributed by atoms with van der Waals surface area (Å²) in [5.74, 6) is 0.872. The standard InChI is InChI=1S/C20H22BrN3O3S/c1-5-14(12-6-8-13(21)9-7-12)22-18(25)17-11(2)16-19(27-4)23-15(10-26-3)24-20(16)28-17/h6-9,14H,5,10H2,1-4H3,(H,22,25). The zero-order chi connectivity index (χ0) is 20.3. The predicted molar refractivity (Wildman–Crippen MR) is 114 cm³/mol. The summed E-state index contributed by atoms with van der Waals surface area (Å²) in [6, 6.07) is 7.92. The third kappa shape index (κ3) is 4.19. The Morgan fingerprint density at radius 3 is 2.57 bits per heavy atom. The van der Waals surface area contributed by atoms with E-state index in [1.807, 2.05) is 31.2 Å². The first-order chi connectivity index (χ1) is 13.5. The maximum absolute atomic E-state index is 13.0. The summed E-state index contributed by atoms with van der Waals surface area (Å²) in [5.41, 5.74) is 1.89. The first-order valence-electron chi connectivity index (χ1n) is 8.87. The number of aryl methyl sites for hydroxylation is 1. The van der Waals surface area contributed by atoms with Crippen molar-refractivity contribution in [2.24, 2.45) is 0 Å². The fourth-order valence-corrected chi connectivity index (χ4v) is 4.40. The number of rotatable bonds is 7. The molecule has 2 aromatic heterocycles. The number of hydrogen-bond donors (Lipinski definition) is 1. The van der Waals surface area contributed by atoms with E-state index >= 15 is 0 Å². The Kier molecular flexibility index (Phi) is 6.64. The summed E-state index contributed by atoms with van der Waals surface area (Å²) in [6.07, 6.45) is 0.790. The Morgan fingerprint density at radius 2 is 1.96 bits per heavy atom. The average molecular weight is 464 g/mol. The number of halogens is 1. The summed E-state index contributed by atoms with van der Waals surface area (Å²) in [4.78, 5) is 23.3. The van der Waals surface area contributed by atoms with Gasteiger partial charge in [0.1, 0.15) is 11.4 Å². The van der Waals surface area contributed by atoms with Gasteiger partial charge in [0.25, 0.3) is 5.91 Å². The average Bonchev–Trinajstić information content (AvgIpc) is 3.03. The molecule has 28 heavy (non-hydrogen) atoms. The van der Waals surface area contributed by atoms with Crippen LogP contribution in [0.4, 0.5) is 0 Å². The molecular formula is C20H22BrN3O3S. The van der Waals surface area contributed by atoms with Gasteiger partial charge in [0, 0.05) is 11.6 Å². The Labute approximate surface area is 176 Å². The number of amides is 1. The minimum Gasteiger partial charge on any atom is -0.480 e. The molecule has 2 heterocycles. The van der Waals surface area contributed by atoms with E-state index in [0.29, 0.717) is 16.6 Å². The number of nitrogens with zero attached hydrogens (tertiary/aromatic N) is 2. The molecule has 1 N–H and O–H groups in total. The van der Waals surface area contributed by atoms with Gasteiger partial charge in [0.15, 0.2) is 5.82 Å². The van der Waals surface area contributed by atoms with Crippen LogP contribution in [0.3, 0.4) is 0 Å². The van der Waals surface area contributed by atoms with Gasteiger partial charge in [-0.15, -0.1) is 11.3 Å². The van der Waals surface area contributed by atoms with Gasteiger partial charge in [-0.3, -0.25) is 4.79 Å². The molecule has 0 spiro atoms. The molecule has 8 heteroatoms. The van der Waals surface area contributed by atoms with Gasteiger partial charge in [0.05, 0.1) is 23.4 Å². The number of carbonyl (C=O) groups excluding carboxylic acids is 1. The fraction of sp³-hybridized carbons (Fsp3) is 0.350. The maximum atomic E-state index is 13.0. The second kappa shape index (κ2) is 8.98. The van der Waals surface area contributed by atoms with Gasteiger partial charge in [-0.25, -0.2) is 4.98 Å². The normalized spacial score (nSPS) is 12.2. The maximum Gasteiger partial charge on any atom is 0.262 e. The van der Waals surface area contributed by atoms with Crippen molar-refractivity contribution in [1.29, 1.82) is 0 Å². The highest BCUT2D eigenvalue weighted by molar-refractivity contribution is 9.10. The lowest BCUT2D eigenvalue weighted by Crippen LogP contribution is -2.27. The quantitative estimate of drug-likeness (QED) is 0.544. The van der Waals surface area contributed by atoms with Crippen LogP contribution in [0.25, 0.3) is 10.2 Å². The smallest absolute Gasteiger partial charge is 0.262 e.